The quantitative estimate of drug-likeness (QED) is 0.306. The van der Waals surface area contributed by atoms with Crippen LogP contribution in [0.4, 0.5) is 0 Å². The molecule has 2 aromatic carbocycles. The molecule has 0 unspecified atom stereocenters. The lowest BCUT2D eigenvalue weighted by Crippen LogP contribution is -2.20. The van der Waals surface area contributed by atoms with Gasteiger partial charge in [0.15, 0.2) is 11.5 Å². The maximum absolute atomic E-state index is 11.4. The summed E-state index contributed by atoms with van der Waals surface area (Å²) >= 11 is 0. The molecule has 0 atom stereocenters. The molecular weight excluding hydrogens is 442 g/mol. The molecule has 0 aliphatic heterocycles. The summed E-state index contributed by atoms with van der Waals surface area (Å²) in [6.45, 7) is 20.8. The molecule has 204 valence electrons. The number of allylic oxidation sites excluding steroid dienone is 2. The van der Waals surface area contributed by atoms with Gasteiger partial charge in [-0.1, -0.05) is 126 Å². The van der Waals surface area contributed by atoms with E-state index in [1.165, 1.54) is 30.4 Å². The Morgan fingerprint density at radius 1 is 0.861 bits per heavy atom. The third-order valence-electron chi connectivity index (χ3n) is 5.57. The molecule has 3 rings (SSSR count). The fourth-order valence-electron chi connectivity index (χ4n) is 3.08. The van der Waals surface area contributed by atoms with Crippen molar-refractivity contribution in [1.29, 1.82) is 0 Å². The lowest BCUT2D eigenvalue weighted by Gasteiger charge is -2.19. The van der Waals surface area contributed by atoms with E-state index in [0.29, 0.717) is 5.76 Å². The first kappa shape index (κ1) is 35.6. The zero-order valence-electron chi connectivity index (χ0n) is 25.0. The van der Waals surface area contributed by atoms with Crippen molar-refractivity contribution < 1.29 is 9.53 Å². The van der Waals surface area contributed by atoms with Crippen molar-refractivity contribution in [2.75, 3.05) is 6.54 Å². The molecule has 0 spiro atoms. The molecule has 3 nitrogen and oxygen atoms in total. The van der Waals surface area contributed by atoms with Gasteiger partial charge in [0.1, 0.15) is 0 Å². The summed E-state index contributed by atoms with van der Waals surface area (Å²) in [5.74, 6) is 1.53. The zero-order chi connectivity index (χ0) is 27.8. The first-order chi connectivity index (χ1) is 17.2. The topological polar surface area (TPSA) is 38.3 Å². The zero-order valence-corrected chi connectivity index (χ0v) is 25.0. The van der Waals surface area contributed by atoms with Gasteiger partial charge < -0.3 is 10.1 Å². The van der Waals surface area contributed by atoms with Crippen LogP contribution in [0, 0.1) is 19.8 Å². The van der Waals surface area contributed by atoms with Crippen molar-refractivity contribution in [3.63, 3.8) is 0 Å². The molecular formula is C33H55NO2. The van der Waals surface area contributed by atoms with E-state index in [1.54, 1.807) is 6.92 Å². The highest BCUT2D eigenvalue weighted by molar-refractivity contribution is 5.91. The summed E-state index contributed by atoms with van der Waals surface area (Å²) in [6, 6.07) is 20.5. The van der Waals surface area contributed by atoms with Gasteiger partial charge in [0.25, 0.3) is 0 Å². The lowest BCUT2D eigenvalue weighted by atomic mass is 9.88. The summed E-state index contributed by atoms with van der Waals surface area (Å²) in [4.78, 5) is 11.4. The summed E-state index contributed by atoms with van der Waals surface area (Å²) in [6.07, 6.45) is 6.44. The van der Waals surface area contributed by atoms with Crippen LogP contribution in [0.3, 0.4) is 0 Å². The molecule has 0 bridgehead atoms. The Morgan fingerprint density at radius 2 is 1.25 bits per heavy atom. The van der Waals surface area contributed by atoms with E-state index >= 15 is 0 Å². The van der Waals surface area contributed by atoms with Gasteiger partial charge in [0, 0.05) is 13.5 Å². The standard InChI is InChI=1S/C12H23NO2.2C7H8.C5H10.C2H6/c1-6-11(7-2)15-12(10(5)14)9(4)13-8-3;2*1-7-5-3-2-4-6-7;1-5-3-2-4-5;1-2/h11,13H,6-8H2,1-5H3;2*2-6H,1H3;5H,2-4H2,1H3;1-2H3/b12-9-;;;;. The van der Waals surface area contributed by atoms with Crippen LogP contribution in [0.1, 0.15) is 98.6 Å². The Kier molecular flexibility index (Phi) is 23.9. The fraction of sp³-hybridized carbons (Fsp3) is 0.545. The molecule has 1 aliphatic carbocycles. The lowest BCUT2D eigenvalue weighted by molar-refractivity contribution is -0.118. The van der Waals surface area contributed by atoms with Crippen molar-refractivity contribution in [1.82, 2.24) is 5.32 Å². The van der Waals surface area contributed by atoms with Crippen LogP contribution >= 0.6 is 0 Å². The first-order valence-electron chi connectivity index (χ1n) is 13.9. The predicted octanol–water partition coefficient (Wildman–Crippen LogP) is 9.44. The molecule has 1 fully saturated rings. The number of Topliss-reactive ketones (excluding diaryl/α,β-unsaturated/α-hetero) is 1. The largest absolute Gasteiger partial charge is 0.485 e. The van der Waals surface area contributed by atoms with Crippen molar-refractivity contribution in [2.24, 2.45) is 5.92 Å². The number of hydrogen-bond acceptors (Lipinski definition) is 3. The second-order valence-corrected chi connectivity index (χ2v) is 8.94. The molecule has 1 saturated carbocycles. The second kappa shape index (κ2) is 24.2. The minimum Gasteiger partial charge on any atom is -0.485 e. The molecule has 0 heterocycles. The Morgan fingerprint density at radius 3 is 1.44 bits per heavy atom. The van der Waals surface area contributed by atoms with E-state index in [9.17, 15) is 4.79 Å². The maximum Gasteiger partial charge on any atom is 0.196 e. The molecule has 2 aromatic rings. The van der Waals surface area contributed by atoms with Crippen LogP contribution in [0.15, 0.2) is 72.1 Å². The molecule has 0 radical (unpaired) electrons. The molecule has 3 heteroatoms. The normalized spacial score (nSPS) is 12.3. The third kappa shape index (κ3) is 19.7. The molecule has 1 aliphatic rings. The fourth-order valence-corrected chi connectivity index (χ4v) is 3.08. The number of carbonyl (C=O) groups excluding carboxylic acids is 1. The van der Waals surface area contributed by atoms with Crippen molar-refractivity contribution in [3.8, 4) is 0 Å². The smallest absolute Gasteiger partial charge is 0.196 e. The van der Waals surface area contributed by atoms with Gasteiger partial charge in [-0.15, -0.1) is 0 Å². The van der Waals surface area contributed by atoms with Gasteiger partial charge in [0.2, 0.25) is 0 Å². The van der Waals surface area contributed by atoms with Gasteiger partial charge in [-0.05, 0) is 46.5 Å². The van der Waals surface area contributed by atoms with Crippen molar-refractivity contribution in [3.05, 3.63) is 83.2 Å². The first-order valence-corrected chi connectivity index (χ1v) is 13.9. The minimum absolute atomic E-state index is 0.0136. The third-order valence-corrected chi connectivity index (χ3v) is 5.57. The van der Waals surface area contributed by atoms with Crippen molar-refractivity contribution >= 4 is 5.78 Å². The van der Waals surface area contributed by atoms with E-state index in [2.05, 4.69) is 64.2 Å². The Labute approximate surface area is 223 Å². The number of carbonyl (C=O) groups is 1. The van der Waals surface area contributed by atoms with Gasteiger partial charge in [-0.3, -0.25) is 4.79 Å². The molecule has 36 heavy (non-hydrogen) atoms. The van der Waals surface area contributed by atoms with Gasteiger partial charge in [-0.25, -0.2) is 0 Å². The number of rotatable bonds is 7. The predicted molar refractivity (Wildman–Crippen MR) is 159 cm³/mol. The SMILES string of the molecule is CC.CC1CCC1.CCN/C(C)=C(\OC(CC)CC)C(C)=O.Cc1ccccc1.Cc1ccccc1. The van der Waals surface area contributed by atoms with Gasteiger partial charge >= 0.3 is 0 Å². The number of ether oxygens (including phenoxy) is 1. The maximum atomic E-state index is 11.4. The minimum atomic E-state index is -0.0136. The molecule has 0 saturated heterocycles. The highest BCUT2D eigenvalue weighted by atomic mass is 16.5. The Bertz CT molecular complexity index is 738. The second-order valence-electron chi connectivity index (χ2n) is 8.94. The van der Waals surface area contributed by atoms with Crippen LogP contribution in [0.5, 0.6) is 0 Å². The van der Waals surface area contributed by atoms with Crippen LogP contribution in [0.25, 0.3) is 0 Å². The number of ketones is 1. The summed E-state index contributed by atoms with van der Waals surface area (Å²) in [7, 11) is 0. The van der Waals surface area contributed by atoms with E-state index in [1.807, 2.05) is 64.1 Å². The summed E-state index contributed by atoms with van der Waals surface area (Å²) < 4.78 is 5.69. The van der Waals surface area contributed by atoms with Crippen LogP contribution in [0.2, 0.25) is 0 Å². The van der Waals surface area contributed by atoms with Crippen molar-refractivity contribution in [2.45, 2.75) is 107 Å². The van der Waals surface area contributed by atoms with Gasteiger partial charge in [-0.2, -0.15) is 0 Å². The summed E-state index contributed by atoms with van der Waals surface area (Å²) in [5, 5.41) is 3.11. The highest BCUT2D eigenvalue weighted by Crippen LogP contribution is 2.24. The monoisotopic (exact) mass is 497 g/mol. The van der Waals surface area contributed by atoms with Crippen LogP contribution in [-0.2, 0) is 9.53 Å². The Hall–Kier alpha value is -2.55. The van der Waals surface area contributed by atoms with Gasteiger partial charge in [0.05, 0.1) is 11.8 Å². The number of aryl methyl sites for hydroxylation is 2. The van der Waals surface area contributed by atoms with Crippen LogP contribution in [-0.4, -0.2) is 18.4 Å². The van der Waals surface area contributed by atoms with E-state index in [4.69, 9.17) is 4.74 Å². The molecule has 1 N–H and O–H groups in total. The number of benzene rings is 2. The molecule has 0 amide bonds. The summed E-state index contributed by atoms with van der Waals surface area (Å²) in [5.41, 5.74) is 3.47. The van der Waals surface area contributed by atoms with E-state index < -0.39 is 0 Å². The van der Waals surface area contributed by atoms with Crippen LogP contribution < -0.4 is 5.32 Å². The van der Waals surface area contributed by atoms with E-state index in [0.717, 1.165) is 31.0 Å². The van der Waals surface area contributed by atoms with E-state index in [-0.39, 0.29) is 11.9 Å². The average molecular weight is 498 g/mol. The number of nitrogens with one attached hydrogen (secondary N) is 1. The highest BCUT2D eigenvalue weighted by Gasteiger charge is 2.14. The molecule has 0 aromatic heterocycles. The average Bonchev–Trinajstić information content (AvgIpc) is 2.87. The Balaban J connectivity index is 0. The number of hydrogen-bond donors (Lipinski definition) is 1.